The molecule has 0 saturated carbocycles. The summed E-state index contributed by atoms with van der Waals surface area (Å²) in [5.74, 6) is 0.823. The Labute approximate surface area is 207 Å². The van der Waals surface area contributed by atoms with Gasteiger partial charge in [0.1, 0.15) is 24.8 Å². The molecule has 6 nitrogen and oxygen atoms in total. The maximum absolute atomic E-state index is 13.9. The van der Waals surface area contributed by atoms with Crippen molar-refractivity contribution in [2.45, 2.75) is 13.5 Å². The van der Waals surface area contributed by atoms with Gasteiger partial charge < -0.3 is 14.2 Å². The van der Waals surface area contributed by atoms with Crippen molar-refractivity contribution in [1.29, 1.82) is 0 Å². The van der Waals surface area contributed by atoms with Crippen LogP contribution >= 0.6 is 11.8 Å². The van der Waals surface area contributed by atoms with Crippen molar-refractivity contribution in [2.24, 2.45) is 0 Å². The Morgan fingerprint density at radius 1 is 0.971 bits per heavy atom. The van der Waals surface area contributed by atoms with E-state index in [0.29, 0.717) is 33.3 Å². The second-order valence-corrected chi connectivity index (χ2v) is 8.78. The van der Waals surface area contributed by atoms with Crippen LogP contribution in [-0.4, -0.2) is 36.3 Å². The van der Waals surface area contributed by atoms with E-state index in [2.05, 4.69) is 0 Å². The first-order valence-corrected chi connectivity index (χ1v) is 11.8. The number of hydrogen-bond acceptors (Lipinski definition) is 6. The van der Waals surface area contributed by atoms with Gasteiger partial charge in [-0.3, -0.25) is 14.5 Å². The van der Waals surface area contributed by atoms with Gasteiger partial charge in [0.25, 0.3) is 11.1 Å². The normalized spacial score (nSPS) is 14.5. The van der Waals surface area contributed by atoms with Crippen LogP contribution in [0.4, 0.5) is 9.18 Å². The summed E-state index contributed by atoms with van der Waals surface area (Å²) in [7, 11) is 1.51. The van der Waals surface area contributed by atoms with Crippen molar-refractivity contribution >= 4 is 29.0 Å². The fourth-order valence-electron chi connectivity index (χ4n) is 3.47. The monoisotopic (exact) mass is 493 g/mol. The van der Waals surface area contributed by atoms with Crippen LogP contribution < -0.4 is 14.2 Å². The lowest BCUT2D eigenvalue weighted by Crippen LogP contribution is -2.32. The zero-order valence-corrected chi connectivity index (χ0v) is 20.1. The van der Waals surface area contributed by atoms with Crippen molar-refractivity contribution in [2.75, 3.05) is 20.3 Å². The molecule has 1 saturated heterocycles. The molecule has 0 radical (unpaired) electrons. The molecular weight excluding hydrogens is 469 g/mol. The van der Waals surface area contributed by atoms with Gasteiger partial charge in [0.15, 0.2) is 11.5 Å². The summed E-state index contributed by atoms with van der Waals surface area (Å²) < 4.78 is 30.8. The molecule has 1 heterocycles. The summed E-state index contributed by atoms with van der Waals surface area (Å²) >= 11 is 0.875. The number of rotatable bonds is 9. The van der Waals surface area contributed by atoms with Gasteiger partial charge in [-0.2, -0.15) is 0 Å². The molecule has 2 amide bonds. The van der Waals surface area contributed by atoms with Crippen LogP contribution in [0.1, 0.15) is 16.7 Å². The number of halogens is 1. The molecule has 3 aromatic rings. The Morgan fingerprint density at radius 3 is 2.57 bits per heavy atom. The minimum absolute atomic E-state index is 0.0178. The molecule has 35 heavy (non-hydrogen) atoms. The number of carbonyl (C=O) groups excluding carboxylic acids is 2. The Balaban J connectivity index is 1.43. The molecule has 0 spiro atoms. The summed E-state index contributed by atoms with van der Waals surface area (Å²) in [5.41, 5.74) is 2.12. The Morgan fingerprint density at radius 2 is 1.80 bits per heavy atom. The van der Waals surface area contributed by atoms with Crippen molar-refractivity contribution in [3.05, 3.63) is 94.1 Å². The number of imide groups is 1. The third-order valence-corrected chi connectivity index (χ3v) is 6.18. The predicted molar refractivity (Wildman–Crippen MR) is 133 cm³/mol. The van der Waals surface area contributed by atoms with Crippen LogP contribution in [0.15, 0.2) is 71.6 Å². The third-order valence-electron chi connectivity index (χ3n) is 5.27. The molecule has 1 fully saturated rings. The van der Waals surface area contributed by atoms with Gasteiger partial charge in [-0.25, -0.2) is 4.39 Å². The Bertz CT molecular complexity index is 1280. The first-order valence-electron chi connectivity index (χ1n) is 10.9. The van der Waals surface area contributed by atoms with Crippen molar-refractivity contribution < 1.29 is 28.2 Å². The zero-order valence-electron chi connectivity index (χ0n) is 19.3. The second-order valence-electron chi connectivity index (χ2n) is 7.79. The molecule has 0 unspecified atom stereocenters. The highest BCUT2D eigenvalue weighted by atomic mass is 32.2. The van der Waals surface area contributed by atoms with E-state index in [1.165, 1.54) is 18.1 Å². The molecule has 0 aliphatic carbocycles. The molecular formula is C27H24FNO5S. The Hall–Kier alpha value is -3.78. The van der Waals surface area contributed by atoms with E-state index in [-0.39, 0.29) is 36.7 Å². The number of carbonyl (C=O) groups is 2. The van der Waals surface area contributed by atoms with Gasteiger partial charge in [-0.15, -0.1) is 0 Å². The van der Waals surface area contributed by atoms with Crippen LogP contribution in [0.2, 0.25) is 0 Å². The highest BCUT2D eigenvalue weighted by Gasteiger charge is 2.34. The van der Waals surface area contributed by atoms with Gasteiger partial charge >= 0.3 is 0 Å². The number of thioether (sulfide) groups is 1. The first-order chi connectivity index (χ1) is 16.9. The van der Waals surface area contributed by atoms with Crippen LogP contribution in [0, 0.1) is 12.7 Å². The molecule has 0 aromatic heterocycles. The summed E-state index contributed by atoms with van der Waals surface area (Å²) in [6, 6.07) is 19.1. The van der Waals surface area contributed by atoms with Gasteiger partial charge in [0.2, 0.25) is 0 Å². The molecule has 4 rings (SSSR count). The largest absolute Gasteiger partial charge is 0.493 e. The van der Waals surface area contributed by atoms with Gasteiger partial charge in [0.05, 0.1) is 18.6 Å². The Kier molecular flexibility index (Phi) is 7.72. The van der Waals surface area contributed by atoms with Crippen molar-refractivity contribution in [3.63, 3.8) is 0 Å². The maximum Gasteiger partial charge on any atom is 0.293 e. The average molecular weight is 494 g/mol. The van der Waals surface area contributed by atoms with Gasteiger partial charge in [-0.1, -0.05) is 36.4 Å². The minimum Gasteiger partial charge on any atom is -0.493 e. The zero-order chi connectivity index (χ0) is 24.8. The number of nitrogens with zero attached hydrogens (tertiary/aromatic N) is 1. The van der Waals surface area contributed by atoms with E-state index < -0.39 is 0 Å². The average Bonchev–Trinajstić information content (AvgIpc) is 3.11. The lowest BCUT2D eigenvalue weighted by atomic mass is 10.1. The van der Waals surface area contributed by atoms with Crippen molar-refractivity contribution in [1.82, 2.24) is 4.90 Å². The lowest BCUT2D eigenvalue weighted by molar-refractivity contribution is -0.123. The molecule has 0 N–H and O–H groups in total. The summed E-state index contributed by atoms with van der Waals surface area (Å²) in [6.45, 7) is 2.33. The molecule has 3 aromatic carbocycles. The summed E-state index contributed by atoms with van der Waals surface area (Å²) in [6.07, 6.45) is 1.63. The number of hydrogen-bond donors (Lipinski definition) is 0. The van der Waals surface area contributed by atoms with Gasteiger partial charge in [0, 0.05) is 5.56 Å². The summed E-state index contributed by atoms with van der Waals surface area (Å²) in [4.78, 5) is 26.7. The molecule has 1 aliphatic heterocycles. The fraction of sp³-hybridized carbons (Fsp3) is 0.185. The maximum atomic E-state index is 13.9. The summed E-state index contributed by atoms with van der Waals surface area (Å²) in [5, 5.41) is -0.348. The molecule has 180 valence electrons. The number of ether oxygens (including phenoxy) is 3. The van der Waals surface area contributed by atoms with Crippen molar-refractivity contribution in [3.8, 4) is 17.2 Å². The predicted octanol–water partition coefficient (Wildman–Crippen LogP) is 5.84. The first kappa shape index (κ1) is 24.3. The number of amides is 2. The van der Waals surface area contributed by atoms with Crippen LogP contribution in [-0.2, 0) is 11.4 Å². The third kappa shape index (κ3) is 6.02. The fourth-order valence-corrected chi connectivity index (χ4v) is 4.34. The molecule has 0 atom stereocenters. The highest BCUT2D eigenvalue weighted by molar-refractivity contribution is 8.18. The van der Waals surface area contributed by atoms with E-state index >= 15 is 0 Å². The molecule has 0 bridgehead atoms. The number of methoxy groups -OCH3 is 1. The van der Waals surface area contributed by atoms with Gasteiger partial charge in [-0.05, 0) is 66.2 Å². The van der Waals surface area contributed by atoms with E-state index in [4.69, 9.17) is 14.2 Å². The lowest BCUT2D eigenvalue weighted by Gasteiger charge is -2.13. The minimum atomic E-state index is -0.377. The van der Waals surface area contributed by atoms with E-state index in [1.807, 2.05) is 31.2 Å². The highest BCUT2D eigenvalue weighted by Crippen LogP contribution is 2.35. The second kappa shape index (κ2) is 11.1. The molecule has 1 aliphatic rings. The SMILES string of the molecule is COc1ccc(/C=C2\SC(=O)N(CCOc3cccc(C)c3)C2=O)cc1OCc1ccccc1F. The van der Waals surface area contributed by atoms with E-state index in [9.17, 15) is 14.0 Å². The van der Waals surface area contributed by atoms with E-state index in [1.54, 1.807) is 42.5 Å². The standard InChI is InChI=1S/C27H24FNO5S/c1-18-6-5-8-21(14-18)33-13-12-29-26(30)25(35-27(29)31)16-19-10-11-23(32-2)24(15-19)34-17-20-7-3-4-9-22(20)28/h3-11,14-16H,12-13,17H2,1-2H3/b25-16-. The quantitative estimate of drug-likeness (QED) is 0.349. The van der Waals surface area contributed by atoms with Crippen LogP contribution in [0.3, 0.4) is 0 Å². The topological polar surface area (TPSA) is 65.1 Å². The smallest absolute Gasteiger partial charge is 0.293 e. The van der Waals surface area contributed by atoms with Crippen LogP contribution in [0.25, 0.3) is 6.08 Å². The van der Waals surface area contributed by atoms with Crippen LogP contribution in [0.5, 0.6) is 17.2 Å². The molecule has 8 heteroatoms. The number of aryl methyl sites for hydroxylation is 1. The number of benzene rings is 3. The van der Waals surface area contributed by atoms with E-state index in [0.717, 1.165) is 17.3 Å².